The number of carbonyl (C=O) groups excluding carboxylic acids is 1. The predicted molar refractivity (Wildman–Crippen MR) is 85.9 cm³/mol. The van der Waals surface area contributed by atoms with Gasteiger partial charge in [0.25, 0.3) is 5.91 Å². The maximum atomic E-state index is 13.5. The second-order valence-electron chi connectivity index (χ2n) is 6.23. The van der Waals surface area contributed by atoms with E-state index in [1.807, 2.05) is 0 Å². The van der Waals surface area contributed by atoms with Gasteiger partial charge < -0.3 is 15.0 Å². The van der Waals surface area contributed by atoms with Crippen molar-refractivity contribution in [1.82, 2.24) is 15.1 Å². The van der Waals surface area contributed by atoms with Crippen molar-refractivity contribution in [2.45, 2.75) is 12.5 Å². The van der Waals surface area contributed by atoms with Gasteiger partial charge in [-0.1, -0.05) is 0 Å². The van der Waals surface area contributed by atoms with Crippen molar-refractivity contribution < 1.29 is 18.3 Å². The molecule has 24 heavy (non-hydrogen) atoms. The van der Waals surface area contributed by atoms with E-state index < -0.39 is 11.6 Å². The first-order valence-electron chi connectivity index (χ1n) is 8.42. The van der Waals surface area contributed by atoms with Crippen molar-refractivity contribution in [3.8, 4) is 0 Å². The molecule has 2 fully saturated rings. The molecule has 1 amide bonds. The number of rotatable bonds is 5. The largest absolute Gasteiger partial charge is 0.379 e. The number of morpholine rings is 1. The monoisotopic (exact) mass is 339 g/mol. The van der Waals surface area contributed by atoms with Gasteiger partial charge in [0.05, 0.1) is 13.2 Å². The van der Waals surface area contributed by atoms with E-state index >= 15 is 0 Å². The number of benzene rings is 1. The second-order valence-corrected chi connectivity index (χ2v) is 6.23. The Hall–Kier alpha value is -1.57. The molecule has 2 aliphatic heterocycles. The highest BCUT2D eigenvalue weighted by atomic mass is 19.2. The number of halogens is 2. The van der Waals surface area contributed by atoms with Crippen LogP contribution in [0.2, 0.25) is 0 Å². The van der Waals surface area contributed by atoms with E-state index in [0.717, 1.165) is 51.3 Å². The smallest absolute Gasteiger partial charge is 0.254 e. The minimum atomic E-state index is -0.987. The van der Waals surface area contributed by atoms with E-state index in [4.69, 9.17) is 4.74 Å². The molecule has 7 heteroatoms. The summed E-state index contributed by atoms with van der Waals surface area (Å²) in [7, 11) is 0. The number of nitrogens with zero attached hydrogens (tertiary/aromatic N) is 2. The SMILES string of the molecule is O=C(c1ccc(F)c(F)c1)N(CCN1CCOCC1)C1CCNC1. The van der Waals surface area contributed by atoms with Gasteiger partial charge in [-0.2, -0.15) is 0 Å². The molecule has 1 atom stereocenters. The molecule has 2 aliphatic rings. The van der Waals surface area contributed by atoms with E-state index in [-0.39, 0.29) is 17.5 Å². The lowest BCUT2D eigenvalue weighted by Gasteiger charge is -2.33. The maximum absolute atomic E-state index is 13.5. The van der Waals surface area contributed by atoms with Crippen LogP contribution in [0.4, 0.5) is 8.78 Å². The summed E-state index contributed by atoms with van der Waals surface area (Å²) in [5, 5.41) is 3.26. The van der Waals surface area contributed by atoms with Crippen LogP contribution in [0.25, 0.3) is 0 Å². The summed E-state index contributed by atoms with van der Waals surface area (Å²) in [4.78, 5) is 16.9. The van der Waals surface area contributed by atoms with Gasteiger partial charge >= 0.3 is 0 Å². The van der Waals surface area contributed by atoms with Crippen molar-refractivity contribution in [2.24, 2.45) is 0 Å². The maximum Gasteiger partial charge on any atom is 0.254 e. The van der Waals surface area contributed by atoms with Gasteiger partial charge in [-0.15, -0.1) is 0 Å². The number of carbonyl (C=O) groups is 1. The molecule has 132 valence electrons. The van der Waals surface area contributed by atoms with Gasteiger partial charge in [0, 0.05) is 44.3 Å². The molecule has 0 radical (unpaired) electrons. The Morgan fingerprint density at radius 1 is 1.29 bits per heavy atom. The molecule has 0 aromatic heterocycles. The highest BCUT2D eigenvalue weighted by molar-refractivity contribution is 5.94. The molecule has 1 aromatic rings. The molecule has 3 rings (SSSR count). The first-order chi connectivity index (χ1) is 11.6. The van der Waals surface area contributed by atoms with Crippen LogP contribution in [-0.4, -0.2) is 74.2 Å². The minimum Gasteiger partial charge on any atom is -0.379 e. The van der Waals surface area contributed by atoms with Crippen LogP contribution < -0.4 is 5.32 Å². The topological polar surface area (TPSA) is 44.8 Å². The fourth-order valence-electron chi connectivity index (χ4n) is 3.22. The molecule has 2 saturated heterocycles. The highest BCUT2D eigenvalue weighted by Gasteiger charge is 2.28. The summed E-state index contributed by atoms with van der Waals surface area (Å²) in [6, 6.07) is 3.44. The fourth-order valence-corrected chi connectivity index (χ4v) is 3.22. The van der Waals surface area contributed by atoms with Crippen molar-refractivity contribution in [1.29, 1.82) is 0 Å². The van der Waals surface area contributed by atoms with E-state index in [0.29, 0.717) is 19.8 Å². The summed E-state index contributed by atoms with van der Waals surface area (Å²) >= 11 is 0. The summed E-state index contributed by atoms with van der Waals surface area (Å²) in [5.41, 5.74) is 0.197. The molecule has 1 aromatic carbocycles. The molecule has 1 unspecified atom stereocenters. The summed E-state index contributed by atoms with van der Waals surface area (Å²) < 4.78 is 31.9. The number of amides is 1. The first kappa shape index (κ1) is 17.3. The van der Waals surface area contributed by atoms with Crippen LogP contribution in [0.5, 0.6) is 0 Å². The average molecular weight is 339 g/mol. The Bertz CT molecular complexity index is 573. The molecular weight excluding hydrogens is 316 g/mol. The van der Waals surface area contributed by atoms with Crippen molar-refractivity contribution >= 4 is 5.91 Å². The van der Waals surface area contributed by atoms with Gasteiger partial charge in [-0.3, -0.25) is 9.69 Å². The van der Waals surface area contributed by atoms with Crippen molar-refractivity contribution in [3.05, 3.63) is 35.4 Å². The normalized spacial score (nSPS) is 21.8. The zero-order valence-electron chi connectivity index (χ0n) is 13.6. The molecule has 0 aliphatic carbocycles. The molecule has 0 bridgehead atoms. The van der Waals surface area contributed by atoms with E-state index in [1.54, 1.807) is 4.90 Å². The molecule has 5 nitrogen and oxygen atoms in total. The lowest BCUT2D eigenvalue weighted by atomic mass is 10.1. The first-order valence-corrected chi connectivity index (χ1v) is 8.42. The van der Waals surface area contributed by atoms with Gasteiger partial charge in [0.15, 0.2) is 11.6 Å². The molecular formula is C17H23F2N3O2. The Balaban J connectivity index is 1.70. The van der Waals surface area contributed by atoms with E-state index in [2.05, 4.69) is 10.2 Å². The van der Waals surface area contributed by atoms with Crippen LogP contribution in [0.3, 0.4) is 0 Å². The van der Waals surface area contributed by atoms with E-state index in [1.165, 1.54) is 6.07 Å². The third-order valence-electron chi connectivity index (χ3n) is 4.66. The Morgan fingerprint density at radius 2 is 2.08 bits per heavy atom. The minimum absolute atomic E-state index is 0.0895. The van der Waals surface area contributed by atoms with Crippen molar-refractivity contribution in [2.75, 3.05) is 52.5 Å². The lowest BCUT2D eigenvalue weighted by Crippen LogP contribution is -2.47. The van der Waals surface area contributed by atoms with Crippen molar-refractivity contribution in [3.63, 3.8) is 0 Å². The molecule has 0 saturated carbocycles. The van der Waals surface area contributed by atoms with Gasteiger partial charge in [0.2, 0.25) is 0 Å². The van der Waals surface area contributed by atoms with Crippen LogP contribution in [0, 0.1) is 11.6 Å². The second kappa shape index (κ2) is 8.00. The van der Waals surface area contributed by atoms with Gasteiger partial charge in [-0.05, 0) is 31.2 Å². The standard InChI is InChI=1S/C17H23F2N3O2/c18-15-2-1-13(11-16(15)19)17(23)22(14-3-4-20-12-14)6-5-21-7-9-24-10-8-21/h1-2,11,14,20H,3-10,12H2. The van der Waals surface area contributed by atoms with E-state index in [9.17, 15) is 13.6 Å². The van der Waals surface area contributed by atoms with Crippen LogP contribution >= 0.6 is 0 Å². The van der Waals surface area contributed by atoms with Gasteiger partial charge in [0.1, 0.15) is 0 Å². The zero-order chi connectivity index (χ0) is 16.9. The Labute approximate surface area is 140 Å². The lowest BCUT2D eigenvalue weighted by molar-refractivity contribution is 0.0301. The number of nitrogens with one attached hydrogen (secondary N) is 1. The molecule has 1 N–H and O–H groups in total. The molecule has 2 heterocycles. The fraction of sp³-hybridized carbons (Fsp3) is 0.588. The predicted octanol–water partition coefficient (Wildman–Crippen LogP) is 1.10. The van der Waals surface area contributed by atoms with Gasteiger partial charge in [-0.25, -0.2) is 8.78 Å². The average Bonchev–Trinajstić information content (AvgIpc) is 3.12. The zero-order valence-corrected chi connectivity index (χ0v) is 13.6. The van der Waals surface area contributed by atoms with Crippen LogP contribution in [-0.2, 0) is 4.74 Å². The summed E-state index contributed by atoms with van der Waals surface area (Å²) in [5.74, 6) is -2.16. The number of ether oxygens (including phenoxy) is 1. The summed E-state index contributed by atoms with van der Waals surface area (Å²) in [6.45, 7) is 6.07. The van der Waals surface area contributed by atoms with Crippen LogP contribution in [0.15, 0.2) is 18.2 Å². The quantitative estimate of drug-likeness (QED) is 0.873. The number of hydrogen-bond donors (Lipinski definition) is 1. The number of hydrogen-bond acceptors (Lipinski definition) is 4. The van der Waals surface area contributed by atoms with Crippen LogP contribution in [0.1, 0.15) is 16.8 Å². The third kappa shape index (κ3) is 4.09. The third-order valence-corrected chi connectivity index (χ3v) is 4.66. The Morgan fingerprint density at radius 3 is 2.75 bits per heavy atom. The highest BCUT2D eigenvalue weighted by Crippen LogP contribution is 2.16. The Kier molecular flexibility index (Phi) is 5.76. The molecule has 0 spiro atoms. The summed E-state index contributed by atoms with van der Waals surface area (Å²) in [6.07, 6.45) is 0.874.